The van der Waals surface area contributed by atoms with Gasteiger partial charge < -0.3 is 10.2 Å². The van der Waals surface area contributed by atoms with Crippen molar-refractivity contribution in [3.8, 4) is 0 Å². The van der Waals surface area contributed by atoms with E-state index in [-0.39, 0.29) is 23.4 Å². The van der Waals surface area contributed by atoms with Gasteiger partial charge in [-0.25, -0.2) is 4.39 Å². The van der Waals surface area contributed by atoms with Gasteiger partial charge in [-0.3, -0.25) is 9.59 Å². The van der Waals surface area contributed by atoms with Gasteiger partial charge in [-0.2, -0.15) is 0 Å². The first kappa shape index (κ1) is 20.1. The molecule has 6 heteroatoms. The van der Waals surface area contributed by atoms with Crippen LogP contribution < -0.4 is 5.32 Å². The summed E-state index contributed by atoms with van der Waals surface area (Å²) in [6.45, 7) is 0.574. The van der Waals surface area contributed by atoms with Crippen molar-refractivity contribution in [3.05, 3.63) is 106 Å². The highest BCUT2D eigenvalue weighted by atomic mass is 35.5. The molecule has 0 fully saturated rings. The molecule has 0 radical (unpaired) electrons. The number of hydrogen-bond donors (Lipinski definition) is 1. The van der Waals surface area contributed by atoms with Crippen LogP contribution in [0.15, 0.2) is 72.8 Å². The Hall–Kier alpha value is -3.18. The second-order valence-electron chi connectivity index (χ2n) is 7.19. The molecule has 0 saturated heterocycles. The Morgan fingerprint density at radius 3 is 2.53 bits per heavy atom. The molecule has 0 spiro atoms. The van der Waals surface area contributed by atoms with E-state index in [1.807, 2.05) is 36.4 Å². The molecule has 30 heavy (non-hydrogen) atoms. The standard InChI is InChI=1S/C24H20ClFN2O2/c25-21-14-18(26)11-10-17(21)15-28-22(19-8-4-5-9-20(19)24(28)30)23(29)27-13-12-16-6-2-1-3-7-16/h1-11,14,22H,12-13,15H2,(H,27,29)/t22-/m0/s1. The Balaban J connectivity index is 1.55. The third-order valence-electron chi connectivity index (χ3n) is 5.22. The number of carbonyl (C=O) groups excluding carboxylic acids is 2. The molecule has 0 bridgehead atoms. The van der Waals surface area contributed by atoms with E-state index in [4.69, 9.17) is 11.6 Å². The van der Waals surface area contributed by atoms with Gasteiger partial charge in [0, 0.05) is 23.7 Å². The third kappa shape index (κ3) is 4.07. The average molecular weight is 423 g/mol. The first-order chi connectivity index (χ1) is 14.5. The lowest BCUT2D eigenvalue weighted by Crippen LogP contribution is -2.39. The van der Waals surface area contributed by atoms with E-state index in [0.717, 1.165) is 5.56 Å². The summed E-state index contributed by atoms with van der Waals surface area (Å²) >= 11 is 6.17. The maximum absolute atomic E-state index is 13.4. The topological polar surface area (TPSA) is 49.4 Å². The number of nitrogens with one attached hydrogen (secondary N) is 1. The van der Waals surface area contributed by atoms with E-state index in [1.165, 1.54) is 23.1 Å². The van der Waals surface area contributed by atoms with Crippen molar-refractivity contribution in [1.82, 2.24) is 10.2 Å². The van der Waals surface area contributed by atoms with Crippen LogP contribution in [0, 0.1) is 5.82 Å². The fraction of sp³-hybridized carbons (Fsp3) is 0.167. The second-order valence-corrected chi connectivity index (χ2v) is 7.59. The highest BCUT2D eigenvalue weighted by molar-refractivity contribution is 6.31. The molecule has 1 N–H and O–H groups in total. The number of fused-ring (bicyclic) bond motifs is 1. The van der Waals surface area contributed by atoms with Gasteiger partial charge in [0.05, 0.1) is 0 Å². The van der Waals surface area contributed by atoms with Crippen LogP contribution in [0.2, 0.25) is 5.02 Å². The normalized spacial score (nSPS) is 15.2. The van der Waals surface area contributed by atoms with Crippen LogP contribution in [0.5, 0.6) is 0 Å². The summed E-state index contributed by atoms with van der Waals surface area (Å²) in [7, 11) is 0. The molecule has 2 amide bonds. The Morgan fingerprint density at radius 1 is 1.03 bits per heavy atom. The zero-order chi connectivity index (χ0) is 21.1. The van der Waals surface area contributed by atoms with E-state index in [1.54, 1.807) is 18.2 Å². The smallest absolute Gasteiger partial charge is 0.255 e. The maximum Gasteiger partial charge on any atom is 0.255 e. The Bertz CT molecular complexity index is 1090. The summed E-state index contributed by atoms with van der Waals surface area (Å²) in [6, 6.07) is 20.2. The lowest BCUT2D eigenvalue weighted by Gasteiger charge is -2.25. The third-order valence-corrected chi connectivity index (χ3v) is 5.57. The summed E-state index contributed by atoms with van der Waals surface area (Å²) in [6.07, 6.45) is 0.693. The van der Waals surface area contributed by atoms with Crippen LogP contribution in [0.1, 0.15) is 33.1 Å². The average Bonchev–Trinajstić information content (AvgIpc) is 3.03. The van der Waals surface area contributed by atoms with Gasteiger partial charge >= 0.3 is 0 Å². The highest BCUT2D eigenvalue weighted by Gasteiger charge is 2.40. The van der Waals surface area contributed by atoms with E-state index in [0.29, 0.717) is 29.7 Å². The van der Waals surface area contributed by atoms with Gasteiger partial charge in [0.1, 0.15) is 11.9 Å². The van der Waals surface area contributed by atoms with Crippen LogP contribution in [0.3, 0.4) is 0 Å². The number of hydrogen-bond acceptors (Lipinski definition) is 2. The van der Waals surface area contributed by atoms with Gasteiger partial charge in [-0.05, 0) is 41.3 Å². The SMILES string of the molecule is O=C(NCCc1ccccc1)[C@@H]1c2ccccc2C(=O)N1Cc1ccc(F)cc1Cl. The quantitative estimate of drug-likeness (QED) is 0.634. The van der Waals surface area contributed by atoms with Crippen molar-refractivity contribution in [2.45, 2.75) is 19.0 Å². The van der Waals surface area contributed by atoms with E-state index in [9.17, 15) is 14.0 Å². The summed E-state index contributed by atoms with van der Waals surface area (Å²) < 4.78 is 13.4. The predicted molar refractivity (Wildman–Crippen MR) is 114 cm³/mol. The zero-order valence-electron chi connectivity index (χ0n) is 16.1. The fourth-order valence-corrected chi connectivity index (χ4v) is 3.95. The molecule has 0 aromatic heterocycles. The second kappa shape index (κ2) is 8.67. The van der Waals surface area contributed by atoms with Crippen molar-refractivity contribution in [3.63, 3.8) is 0 Å². The summed E-state index contributed by atoms with van der Waals surface area (Å²) in [5, 5.41) is 3.17. The predicted octanol–water partition coefficient (Wildman–Crippen LogP) is 4.54. The van der Waals surface area contributed by atoms with Crippen LogP contribution >= 0.6 is 11.6 Å². The number of benzene rings is 3. The molecule has 0 saturated carbocycles. The zero-order valence-corrected chi connectivity index (χ0v) is 16.9. The minimum Gasteiger partial charge on any atom is -0.354 e. The molecule has 4 rings (SSSR count). The van der Waals surface area contributed by atoms with Crippen molar-refractivity contribution in [2.75, 3.05) is 6.54 Å². The molecule has 1 aliphatic heterocycles. The molecular formula is C24H20ClFN2O2. The molecule has 1 aliphatic rings. The van der Waals surface area contributed by atoms with Gasteiger partial charge in [0.25, 0.3) is 5.91 Å². The molecule has 3 aromatic carbocycles. The van der Waals surface area contributed by atoms with Crippen molar-refractivity contribution in [2.24, 2.45) is 0 Å². The first-order valence-electron chi connectivity index (χ1n) is 9.70. The van der Waals surface area contributed by atoms with Crippen LogP contribution in [-0.2, 0) is 17.8 Å². The molecular weight excluding hydrogens is 403 g/mol. The molecule has 3 aromatic rings. The minimum absolute atomic E-state index is 0.114. The highest BCUT2D eigenvalue weighted by Crippen LogP contribution is 2.35. The maximum atomic E-state index is 13.4. The van der Waals surface area contributed by atoms with Crippen molar-refractivity contribution >= 4 is 23.4 Å². The Kier molecular flexibility index (Phi) is 5.81. The summed E-state index contributed by atoms with van der Waals surface area (Å²) in [5.41, 5.74) is 2.87. The van der Waals surface area contributed by atoms with E-state index < -0.39 is 11.9 Å². The Labute approximate surface area is 179 Å². The monoisotopic (exact) mass is 422 g/mol. The lowest BCUT2D eigenvalue weighted by molar-refractivity contribution is -0.125. The van der Waals surface area contributed by atoms with Crippen molar-refractivity contribution < 1.29 is 14.0 Å². The molecule has 152 valence electrons. The molecule has 4 nitrogen and oxygen atoms in total. The van der Waals surface area contributed by atoms with E-state index >= 15 is 0 Å². The fourth-order valence-electron chi connectivity index (χ4n) is 3.72. The largest absolute Gasteiger partial charge is 0.354 e. The van der Waals surface area contributed by atoms with Crippen LogP contribution in [-0.4, -0.2) is 23.3 Å². The van der Waals surface area contributed by atoms with Gasteiger partial charge in [0.15, 0.2) is 0 Å². The number of rotatable bonds is 6. The number of nitrogens with zero attached hydrogens (tertiary/aromatic N) is 1. The van der Waals surface area contributed by atoms with Crippen LogP contribution in [0.4, 0.5) is 4.39 Å². The first-order valence-corrected chi connectivity index (χ1v) is 10.1. The van der Waals surface area contributed by atoms with E-state index in [2.05, 4.69) is 5.32 Å². The number of carbonyl (C=O) groups is 2. The van der Waals surface area contributed by atoms with Gasteiger partial charge in [-0.15, -0.1) is 0 Å². The number of halogens is 2. The summed E-state index contributed by atoms with van der Waals surface area (Å²) in [4.78, 5) is 27.6. The van der Waals surface area contributed by atoms with Crippen molar-refractivity contribution in [1.29, 1.82) is 0 Å². The minimum atomic E-state index is -0.759. The molecule has 1 heterocycles. The lowest BCUT2D eigenvalue weighted by atomic mass is 10.0. The molecule has 0 unspecified atom stereocenters. The van der Waals surface area contributed by atoms with Crippen LogP contribution in [0.25, 0.3) is 0 Å². The number of amides is 2. The summed E-state index contributed by atoms with van der Waals surface area (Å²) in [5.74, 6) is -0.938. The molecule has 0 aliphatic carbocycles. The molecule has 1 atom stereocenters. The Morgan fingerprint density at radius 2 is 1.77 bits per heavy atom. The van der Waals surface area contributed by atoms with Gasteiger partial charge in [0.2, 0.25) is 5.91 Å². The van der Waals surface area contributed by atoms with Gasteiger partial charge in [-0.1, -0.05) is 66.2 Å².